The van der Waals surface area contributed by atoms with Crippen LogP contribution in [0, 0.1) is 0 Å². The zero-order chi connectivity index (χ0) is 43.5. The summed E-state index contributed by atoms with van der Waals surface area (Å²) in [7, 11) is 0. The van der Waals surface area contributed by atoms with E-state index in [1.807, 2.05) is 0 Å². The maximum absolute atomic E-state index is 12.7. The minimum absolute atomic E-state index is 0.0850. The Morgan fingerprint density at radius 3 is 1.15 bits per heavy atom. The molecule has 0 saturated carbocycles. The number of unbranched alkanes of at least 4 members (excludes halogenated alkanes) is 32. The SMILES string of the molecule is CCCCC/C=C\C/C=C\CCCCCCCCCCCC(=O)OCC(COCCCCCCCC/C=C\CCCCCCCC)OC(=O)CCCCCCCCCCC. The van der Waals surface area contributed by atoms with E-state index < -0.39 is 6.10 Å². The van der Waals surface area contributed by atoms with Crippen LogP contribution in [0.15, 0.2) is 36.5 Å². The van der Waals surface area contributed by atoms with Crippen molar-refractivity contribution >= 4 is 11.9 Å². The van der Waals surface area contributed by atoms with Crippen LogP contribution in [0.4, 0.5) is 0 Å². The van der Waals surface area contributed by atoms with E-state index >= 15 is 0 Å². The summed E-state index contributed by atoms with van der Waals surface area (Å²) >= 11 is 0. The van der Waals surface area contributed by atoms with Gasteiger partial charge in [0.25, 0.3) is 0 Å². The summed E-state index contributed by atoms with van der Waals surface area (Å²) < 4.78 is 17.4. The lowest BCUT2D eigenvalue weighted by Crippen LogP contribution is -2.30. The molecule has 0 bridgehead atoms. The molecule has 0 amide bonds. The average Bonchev–Trinajstić information content (AvgIpc) is 3.25. The van der Waals surface area contributed by atoms with Gasteiger partial charge in [-0.2, -0.15) is 0 Å². The van der Waals surface area contributed by atoms with Gasteiger partial charge in [0.1, 0.15) is 6.61 Å². The molecule has 60 heavy (non-hydrogen) atoms. The summed E-state index contributed by atoms with van der Waals surface area (Å²) in [5.74, 6) is -0.395. The van der Waals surface area contributed by atoms with Crippen LogP contribution in [0.3, 0.4) is 0 Å². The van der Waals surface area contributed by atoms with Crippen molar-refractivity contribution < 1.29 is 23.8 Å². The Labute approximate surface area is 374 Å². The number of hydrogen-bond donors (Lipinski definition) is 0. The molecule has 352 valence electrons. The summed E-state index contributed by atoms with van der Waals surface area (Å²) in [4.78, 5) is 25.3. The molecular weight excluding hydrogens is 741 g/mol. The Bertz CT molecular complexity index is 955. The molecule has 1 atom stereocenters. The van der Waals surface area contributed by atoms with Gasteiger partial charge in [-0.15, -0.1) is 0 Å². The number of carbonyl (C=O) groups excluding carboxylic acids is 2. The largest absolute Gasteiger partial charge is 0.462 e. The Morgan fingerprint density at radius 2 is 0.700 bits per heavy atom. The maximum Gasteiger partial charge on any atom is 0.306 e. The normalized spacial score (nSPS) is 12.4. The molecule has 1 unspecified atom stereocenters. The molecule has 0 saturated heterocycles. The van der Waals surface area contributed by atoms with E-state index in [0.717, 1.165) is 44.9 Å². The summed E-state index contributed by atoms with van der Waals surface area (Å²) in [6.45, 7) is 7.81. The van der Waals surface area contributed by atoms with Crippen LogP contribution < -0.4 is 0 Å². The van der Waals surface area contributed by atoms with Crippen molar-refractivity contribution in [2.45, 2.75) is 284 Å². The number of allylic oxidation sites excluding steroid dienone is 6. The molecule has 0 radical (unpaired) electrons. The van der Waals surface area contributed by atoms with E-state index in [9.17, 15) is 9.59 Å². The van der Waals surface area contributed by atoms with Crippen molar-refractivity contribution in [1.29, 1.82) is 0 Å². The number of esters is 2. The van der Waals surface area contributed by atoms with Crippen LogP contribution in [-0.2, 0) is 23.8 Å². The Balaban J connectivity index is 4.15. The van der Waals surface area contributed by atoms with Crippen LogP contribution in [0.2, 0.25) is 0 Å². The third-order valence-corrected chi connectivity index (χ3v) is 11.6. The van der Waals surface area contributed by atoms with Crippen molar-refractivity contribution in [2.24, 2.45) is 0 Å². The first kappa shape index (κ1) is 58.1. The van der Waals surface area contributed by atoms with Crippen LogP contribution in [0.25, 0.3) is 0 Å². The van der Waals surface area contributed by atoms with Crippen molar-refractivity contribution in [1.82, 2.24) is 0 Å². The first-order valence-corrected chi connectivity index (χ1v) is 26.5. The molecule has 0 aromatic heterocycles. The predicted octanol–water partition coefficient (Wildman–Crippen LogP) is 17.8. The summed E-state index contributed by atoms with van der Waals surface area (Å²) in [5.41, 5.74) is 0. The molecule has 0 aliphatic rings. The van der Waals surface area contributed by atoms with Crippen molar-refractivity contribution in [3.8, 4) is 0 Å². The van der Waals surface area contributed by atoms with E-state index in [0.29, 0.717) is 19.4 Å². The van der Waals surface area contributed by atoms with Crippen molar-refractivity contribution in [2.75, 3.05) is 19.8 Å². The highest BCUT2D eigenvalue weighted by atomic mass is 16.6. The topological polar surface area (TPSA) is 61.8 Å². The van der Waals surface area contributed by atoms with Gasteiger partial charge < -0.3 is 14.2 Å². The molecule has 0 aromatic carbocycles. The van der Waals surface area contributed by atoms with Gasteiger partial charge in [0.2, 0.25) is 0 Å². The van der Waals surface area contributed by atoms with E-state index in [1.165, 1.54) is 199 Å². The molecule has 0 rings (SSSR count). The van der Waals surface area contributed by atoms with Crippen LogP contribution in [0.1, 0.15) is 278 Å². The summed E-state index contributed by atoms with van der Waals surface area (Å²) in [5, 5.41) is 0. The van der Waals surface area contributed by atoms with Crippen LogP contribution in [0.5, 0.6) is 0 Å². The highest BCUT2D eigenvalue weighted by Crippen LogP contribution is 2.15. The first-order chi connectivity index (χ1) is 29.6. The molecule has 5 heteroatoms. The van der Waals surface area contributed by atoms with E-state index in [2.05, 4.69) is 57.2 Å². The monoisotopic (exact) mass is 843 g/mol. The lowest BCUT2D eigenvalue weighted by atomic mass is 10.1. The van der Waals surface area contributed by atoms with Crippen LogP contribution >= 0.6 is 0 Å². The van der Waals surface area contributed by atoms with Gasteiger partial charge in [0, 0.05) is 19.4 Å². The second-order valence-electron chi connectivity index (χ2n) is 17.8. The van der Waals surface area contributed by atoms with E-state index in [-0.39, 0.29) is 25.2 Å². The fourth-order valence-electron chi connectivity index (χ4n) is 7.65. The zero-order valence-electron chi connectivity index (χ0n) is 40.5. The Hall–Kier alpha value is -1.88. The van der Waals surface area contributed by atoms with Gasteiger partial charge >= 0.3 is 11.9 Å². The quantitative estimate of drug-likeness (QED) is 0.0347. The average molecular weight is 843 g/mol. The second kappa shape index (κ2) is 51.5. The zero-order valence-corrected chi connectivity index (χ0v) is 40.5. The lowest BCUT2D eigenvalue weighted by Gasteiger charge is -2.18. The molecule has 0 aliphatic carbocycles. The molecular formula is C55H102O5. The Morgan fingerprint density at radius 1 is 0.367 bits per heavy atom. The standard InChI is InChI=1S/C55H102O5/c1-4-7-10-13-16-19-21-23-25-27-28-29-30-32-34-37-39-42-45-48-54(56)59-52-53(60-55(57)49-46-43-40-36-18-15-12-9-6-3)51-58-50-47-44-41-38-35-33-31-26-24-22-20-17-14-11-8-5-2/h16,19,23-26,53H,4-15,17-18,20-22,27-52H2,1-3H3/b19-16-,25-23-,26-24-. The third-order valence-electron chi connectivity index (χ3n) is 11.6. The number of rotatable bonds is 49. The second-order valence-corrected chi connectivity index (χ2v) is 17.8. The molecule has 0 N–H and O–H groups in total. The van der Waals surface area contributed by atoms with Crippen molar-refractivity contribution in [3.63, 3.8) is 0 Å². The van der Waals surface area contributed by atoms with Gasteiger partial charge in [-0.1, -0.05) is 224 Å². The fraction of sp³-hybridized carbons (Fsp3) is 0.855. The highest BCUT2D eigenvalue weighted by molar-refractivity contribution is 5.70. The summed E-state index contributed by atoms with van der Waals surface area (Å²) in [6.07, 6.45) is 61.5. The summed E-state index contributed by atoms with van der Waals surface area (Å²) in [6, 6.07) is 0. The smallest absolute Gasteiger partial charge is 0.306 e. The molecule has 0 fully saturated rings. The molecule has 5 nitrogen and oxygen atoms in total. The number of hydrogen-bond acceptors (Lipinski definition) is 5. The molecule has 0 heterocycles. The minimum atomic E-state index is -0.535. The fourth-order valence-corrected chi connectivity index (χ4v) is 7.65. The maximum atomic E-state index is 12.7. The molecule has 0 aliphatic heterocycles. The van der Waals surface area contributed by atoms with Gasteiger partial charge in [-0.05, 0) is 77.0 Å². The van der Waals surface area contributed by atoms with E-state index in [4.69, 9.17) is 14.2 Å². The third kappa shape index (κ3) is 48.8. The van der Waals surface area contributed by atoms with Gasteiger partial charge in [-0.3, -0.25) is 9.59 Å². The van der Waals surface area contributed by atoms with E-state index in [1.54, 1.807) is 0 Å². The molecule has 0 aromatic rings. The number of ether oxygens (including phenoxy) is 3. The van der Waals surface area contributed by atoms with Crippen molar-refractivity contribution in [3.05, 3.63) is 36.5 Å². The molecule has 0 spiro atoms. The van der Waals surface area contributed by atoms with Crippen LogP contribution in [-0.4, -0.2) is 37.9 Å². The Kier molecular flexibility index (Phi) is 49.9. The predicted molar refractivity (Wildman–Crippen MR) is 261 cm³/mol. The number of carbonyl (C=O) groups is 2. The minimum Gasteiger partial charge on any atom is -0.462 e. The van der Waals surface area contributed by atoms with Gasteiger partial charge in [0.15, 0.2) is 6.10 Å². The van der Waals surface area contributed by atoms with Gasteiger partial charge in [0.05, 0.1) is 6.61 Å². The highest BCUT2D eigenvalue weighted by Gasteiger charge is 2.17. The lowest BCUT2D eigenvalue weighted by molar-refractivity contribution is -0.163. The van der Waals surface area contributed by atoms with Gasteiger partial charge in [-0.25, -0.2) is 0 Å². The first-order valence-electron chi connectivity index (χ1n) is 26.5.